The van der Waals surface area contributed by atoms with Crippen LogP contribution in [0, 0.1) is 5.82 Å². The summed E-state index contributed by atoms with van der Waals surface area (Å²) in [5, 5.41) is 5.27. The third-order valence-corrected chi connectivity index (χ3v) is 7.76. The molecule has 0 saturated carbocycles. The summed E-state index contributed by atoms with van der Waals surface area (Å²) >= 11 is 0. The predicted octanol–water partition coefficient (Wildman–Crippen LogP) is 3.14. The molecule has 0 bridgehead atoms. The number of fused-ring (bicyclic) bond motifs is 2. The summed E-state index contributed by atoms with van der Waals surface area (Å²) < 4.78 is 59.7. The Morgan fingerprint density at radius 1 is 1.14 bits per heavy atom. The summed E-state index contributed by atoms with van der Waals surface area (Å²) in [6.07, 6.45) is -5.06. The number of nitrogens with one attached hydrogen (secondary N) is 2. The molecule has 222 valence electrons. The fourth-order valence-electron chi connectivity index (χ4n) is 5.40. The van der Waals surface area contributed by atoms with Crippen LogP contribution in [0.5, 0.6) is 0 Å². The van der Waals surface area contributed by atoms with E-state index in [1.54, 1.807) is 6.07 Å². The molecule has 2 N–H and O–H groups in total. The molecular weight excluding hydrogens is 564 g/mol. The van der Waals surface area contributed by atoms with Crippen LogP contribution in [0.3, 0.4) is 0 Å². The Morgan fingerprint density at radius 3 is 2.50 bits per heavy atom. The number of carbonyl (C=O) groups is 5. The third-order valence-electron chi connectivity index (χ3n) is 7.76. The lowest BCUT2D eigenvalue weighted by Gasteiger charge is -2.31. The molecule has 2 heterocycles. The van der Waals surface area contributed by atoms with Gasteiger partial charge in [0.25, 0.3) is 5.91 Å². The largest absolute Gasteiger partial charge is 0.427 e. The van der Waals surface area contributed by atoms with Crippen molar-refractivity contribution < 1.29 is 46.3 Å². The van der Waals surface area contributed by atoms with Crippen LogP contribution in [0.2, 0.25) is 0 Å². The zero-order valence-corrected chi connectivity index (χ0v) is 22.3. The van der Waals surface area contributed by atoms with E-state index in [0.29, 0.717) is 33.0 Å². The number of halogens is 4. The highest BCUT2D eigenvalue weighted by Crippen LogP contribution is 2.46. The zero-order valence-electron chi connectivity index (χ0n) is 22.3. The van der Waals surface area contributed by atoms with Gasteiger partial charge in [0.1, 0.15) is 24.4 Å². The van der Waals surface area contributed by atoms with Gasteiger partial charge in [-0.05, 0) is 55.2 Å². The van der Waals surface area contributed by atoms with Crippen molar-refractivity contribution in [1.82, 2.24) is 15.1 Å². The van der Waals surface area contributed by atoms with Gasteiger partial charge in [-0.2, -0.15) is 13.2 Å². The summed E-state index contributed by atoms with van der Waals surface area (Å²) in [6, 6.07) is 6.25. The molecule has 42 heavy (non-hydrogen) atoms. The monoisotopic (exact) mass is 590 g/mol. The van der Waals surface area contributed by atoms with E-state index in [1.807, 2.05) is 0 Å². The van der Waals surface area contributed by atoms with Gasteiger partial charge in [0.05, 0.1) is 0 Å². The molecule has 10 nitrogen and oxygen atoms in total. The number of hydrogen-bond acceptors (Lipinski definition) is 6. The lowest BCUT2D eigenvalue weighted by atomic mass is 9.94. The lowest BCUT2D eigenvalue weighted by molar-refractivity contribution is -0.187. The molecule has 0 aromatic heterocycles. The van der Waals surface area contributed by atoms with E-state index in [4.69, 9.17) is 4.74 Å². The number of aryl methyl sites for hydroxylation is 1. The molecule has 3 aliphatic rings. The van der Waals surface area contributed by atoms with E-state index >= 15 is 0 Å². The smallest absolute Gasteiger partial charge is 0.418 e. The average molecular weight is 591 g/mol. The van der Waals surface area contributed by atoms with Crippen LogP contribution in [0.15, 0.2) is 42.5 Å². The van der Waals surface area contributed by atoms with Crippen molar-refractivity contribution in [3.63, 3.8) is 0 Å². The first kappa shape index (κ1) is 29.0. The molecule has 2 aromatic rings. The minimum absolute atomic E-state index is 0.0337. The summed E-state index contributed by atoms with van der Waals surface area (Å²) in [5.41, 5.74) is -0.198. The maximum Gasteiger partial charge on any atom is 0.418 e. The maximum atomic E-state index is 13.6. The molecule has 2 saturated heterocycles. The highest BCUT2D eigenvalue weighted by atomic mass is 19.4. The lowest BCUT2D eigenvalue weighted by Crippen LogP contribution is -2.51. The molecule has 2 aromatic carbocycles. The second-order valence-electron chi connectivity index (χ2n) is 10.5. The van der Waals surface area contributed by atoms with Crippen molar-refractivity contribution >= 4 is 35.4 Å². The van der Waals surface area contributed by atoms with E-state index in [1.165, 1.54) is 24.3 Å². The van der Waals surface area contributed by atoms with Crippen molar-refractivity contribution in [1.29, 1.82) is 0 Å². The molecule has 0 unspecified atom stereocenters. The first-order valence-corrected chi connectivity index (χ1v) is 13.2. The number of alkyl halides is 3. The first-order valence-electron chi connectivity index (χ1n) is 13.2. The van der Waals surface area contributed by atoms with Crippen molar-refractivity contribution in [2.45, 2.75) is 63.0 Å². The number of carbonyl (C=O) groups excluding carboxylic acids is 5. The van der Waals surface area contributed by atoms with Crippen molar-refractivity contribution in [2.24, 2.45) is 0 Å². The van der Waals surface area contributed by atoms with E-state index in [9.17, 15) is 41.5 Å². The average Bonchev–Trinajstić information content (AvgIpc) is 3.60. The predicted molar refractivity (Wildman–Crippen MR) is 137 cm³/mol. The summed E-state index contributed by atoms with van der Waals surface area (Å²) in [6.45, 7) is -0.751. The fraction of sp³-hybridized carbons (Fsp3) is 0.393. The SMILES string of the molecule is C[C@H](N(Cc1ccc(F)cc1)C(=O)CN1C(=O)O[C@@]2(CCc3cc(NC(=O)[C@H]4CCC(=O)N4)ccc32)C1=O)C(F)(F)F. The second kappa shape index (κ2) is 10.7. The molecule has 5 amide bonds. The number of ether oxygens (including phenoxy) is 1. The van der Waals surface area contributed by atoms with Crippen LogP contribution in [0.25, 0.3) is 0 Å². The number of benzene rings is 2. The van der Waals surface area contributed by atoms with Crippen LogP contribution >= 0.6 is 0 Å². The van der Waals surface area contributed by atoms with Crippen molar-refractivity contribution in [3.05, 3.63) is 65.0 Å². The molecule has 0 radical (unpaired) electrons. The molecule has 1 aliphatic carbocycles. The number of amides is 5. The highest BCUT2D eigenvalue weighted by Gasteiger charge is 2.58. The standard InChI is InChI=1S/C28H26F4N4O6/c1-15(28(30,31)32)35(13-16-2-4-18(29)5-3-16)23(38)14-36-25(40)27(42-26(36)41)11-10-17-12-19(6-7-20(17)27)33-24(39)21-8-9-22(37)34-21/h2-7,12,15,21H,8-11,13-14H2,1H3,(H,33,39)(H,34,37)/t15-,21+,27+/m0/s1. The van der Waals surface area contributed by atoms with E-state index in [2.05, 4.69) is 10.6 Å². The fourth-order valence-corrected chi connectivity index (χ4v) is 5.40. The Morgan fingerprint density at radius 2 is 1.86 bits per heavy atom. The number of hydrogen-bond donors (Lipinski definition) is 2. The van der Waals surface area contributed by atoms with Crippen molar-refractivity contribution in [2.75, 3.05) is 11.9 Å². The topological polar surface area (TPSA) is 125 Å². The van der Waals surface area contributed by atoms with Gasteiger partial charge in [-0.25, -0.2) is 14.1 Å². The van der Waals surface area contributed by atoms with Gasteiger partial charge < -0.3 is 20.3 Å². The molecule has 1 spiro atoms. The number of nitrogens with zero attached hydrogens (tertiary/aromatic N) is 2. The van der Waals surface area contributed by atoms with Gasteiger partial charge in [-0.1, -0.05) is 18.2 Å². The minimum atomic E-state index is -4.81. The Balaban J connectivity index is 1.33. The van der Waals surface area contributed by atoms with Gasteiger partial charge >= 0.3 is 12.3 Å². The molecule has 2 aliphatic heterocycles. The van der Waals surface area contributed by atoms with E-state index in [0.717, 1.165) is 19.1 Å². The van der Waals surface area contributed by atoms with Crippen LogP contribution in [-0.4, -0.2) is 64.3 Å². The Bertz CT molecular complexity index is 1460. The Labute approximate surface area is 237 Å². The second-order valence-corrected chi connectivity index (χ2v) is 10.5. The normalized spacial score (nSPS) is 22.2. The third kappa shape index (κ3) is 5.40. The number of rotatable bonds is 7. The number of anilines is 1. The summed E-state index contributed by atoms with van der Waals surface area (Å²) in [4.78, 5) is 64.4. The molecule has 5 rings (SSSR count). The van der Waals surface area contributed by atoms with Gasteiger partial charge in [-0.3, -0.25) is 19.2 Å². The zero-order chi connectivity index (χ0) is 30.4. The first-order chi connectivity index (χ1) is 19.8. The van der Waals surface area contributed by atoms with Gasteiger partial charge in [0.15, 0.2) is 0 Å². The quantitative estimate of drug-likeness (QED) is 0.478. The van der Waals surface area contributed by atoms with E-state index < -0.39 is 66.6 Å². The van der Waals surface area contributed by atoms with E-state index in [-0.39, 0.29) is 30.7 Å². The van der Waals surface area contributed by atoms with Gasteiger partial charge in [0.2, 0.25) is 23.3 Å². The van der Waals surface area contributed by atoms with Gasteiger partial charge in [0, 0.05) is 30.6 Å². The molecule has 3 atom stereocenters. The Hall–Kier alpha value is -4.49. The number of imide groups is 1. The van der Waals surface area contributed by atoms with Crippen molar-refractivity contribution in [3.8, 4) is 0 Å². The molecular formula is C28H26F4N4O6. The maximum absolute atomic E-state index is 13.6. The summed E-state index contributed by atoms with van der Waals surface area (Å²) in [7, 11) is 0. The molecule has 14 heteroatoms. The van der Waals surface area contributed by atoms with Crippen LogP contribution in [0.1, 0.15) is 42.9 Å². The Kier molecular flexibility index (Phi) is 7.41. The van der Waals surface area contributed by atoms with Crippen LogP contribution in [0.4, 0.5) is 28.0 Å². The molecule has 2 fully saturated rings. The van der Waals surface area contributed by atoms with Crippen LogP contribution < -0.4 is 10.6 Å². The minimum Gasteiger partial charge on any atom is -0.427 e. The van der Waals surface area contributed by atoms with Gasteiger partial charge in [-0.15, -0.1) is 0 Å². The van der Waals surface area contributed by atoms with Crippen LogP contribution in [-0.2, 0) is 42.5 Å². The highest BCUT2D eigenvalue weighted by molar-refractivity contribution is 6.06. The summed E-state index contributed by atoms with van der Waals surface area (Å²) in [5.74, 6) is -3.26.